The molecule has 0 unspecified atom stereocenters. The molecule has 10 heteroatoms. The van der Waals surface area contributed by atoms with Crippen molar-refractivity contribution >= 4 is 50.3 Å². The van der Waals surface area contributed by atoms with E-state index in [1.165, 1.54) is 23.0 Å². The first-order chi connectivity index (χ1) is 16.9. The molecule has 4 aromatic rings. The molecule has 178 valence electrons. The predicted octanol–water partition coefficient (Wildman–Crippen LogP) is 6.13. The van der Waals surface area contributed by atoms with E-state index in [0.717, 1.165) is 16.5 Å². The fraction of sp³-hybridized carbons (Fsp3) is 0.160. The fourth-order valence-electron chi connectivity index (χ4n) is 3.44. The van der Waals surface area contributed by atoms with Gasteiger partial charge in [-0.05, 0) is 54.4 Å². The van der Waals surface area contributed by atoms with Crippen molar-refractivity contribution in [3.63, 3.8) is 0 Å². The fourth-order valence-corrected chi connectivity index (χ4v) is 3.93. The molecule has 1 heterocycles. The minimum atomic E-state index is -0.516. The molecular weight excluding hydrogens is 536 g/mol. The maximum absolute atomic E-state index is 13.1. The summed E-state index contributed by atoms with van der Waals surface area (Å²) in [5, 5.41) is 17.0. The molecular formula is C25H20BrClN4O4. The number of aryl methyl sites for hydroxylation is 1. The molecule has 1 aromatic heterocycles. The van der Waals surface area contributed by atoms with Crippen molar-refractivity contribution < 1.29 is 9.66 Å². The summed E-state index contributed by atoms with van der Waals surface area (Å²) in [5.74, 6) is 0.643. The average molecular weight is 556 g/mol. The van der Waals surface area contributed by atoms with Gasteiger partial charge in [0.05, 0.1) is 22.0 Å². The number of hydrogen-bond acceptors (Lipinski definition) is 6. The van der Waals surface area contributed by atoms with Crippen molar-refractivity contribution in [2.45, 2.75) is 26.4 Å². The number of hydrogen-bond donors (Lipinski definition) is 0. The van der Waals surface area contributed by atoms with E-state index in [9.17, 15) is 14.9 Å². The lowest BCUT2D eigenvalue weighted by Crippen LogP contribution is -2.22. The lowest BCUT2D eigenvalue weighted by molar-refractivity contribution is -0.385. The zero-order chi connectivity index (χ0) is 24.9. The molecule has 0 N–H and O–H groups in total. The zero-order valence-electron chi connectivity index (χ0n) is 18.6. The third kappa shape index (κ3) is 5.75. The van der Waals surface area contributed by atoms with E-state index in [2.05, 4.69) is 26.0 Å². The molecule has 4 rings (SSSR count). The summed E-state index contributed by atoms with van der Waals surface area (Å²) in [5.41, 5.74) is 1.34. The van der Waals surface area contributed by atoms with E-state index in [0.29, 0.717) is 33.7 Å². The molecule has 0 spiro atoms. The third-order valence-corrected chi connectivity index (χ3v) is 5.90. The second-order valence-electron chi connectivity index (χ2n) is 7.70. The topological polar surface area (TPSA) is 99.6 Å². The largest absolute Gasteiger partial charge is 0.482 e. The van der Waals surface area contributed by atoms with Crippen molar-refractivity contribution in [3.8, 4) is 5.75 Å². The van der Waals surface area contributed by atoms with Gasteiger partial charge in [0.15, 0.2) is 5.75 Å². The SMILES string of the molecule is CCCc1nc2ccc(Br)cc2c(=O)n1N=Cc1ccc(OCc2ccc(Cl)cc2)c([N+](=O)[O-])c1. The second-order valence-corrected chi connectivity index (χ2v) is 9.05. The van der Waals surface area contributed by atoms with Crippen LogP contribution in [0.5, 0.6) is 5.75 Å². The van der Waals surface area contributed by atoms with E-state index >= 15 is 0 Å². The minimum Gasteiger partial charge on any atom is -0.482 e. The first-order valence-electron chi connectivity index (χ1n) is 10.8. The lowest BCUT2D eigenvalue weighted by Gasteiger charge is -2.09. The van der Waals surface area contributed by atoms with Gasteiger partial charge in [0.2, 0.25) is 0 Å². The lowest BCUT2D eigenvalue weighted by atomic mass is 10.2. The number of halogens is 2. The van der Waals surface area contributed by atoms with Crippen LogP contribution in [0.3, 0.4) is 0 Å². The molecule has 0 aliphatic rings. The van der Waals surface area contributed by atoms with E-state index in [1.54, 1.807) is 42.5 Å². The minimum absolute atomic E-state index is 0.128. The van der Waals surface area contributed by atoms with Crippen LogP contribution in [0, 0.1) is 10.1 Å². The van der Waals surface area contributed by atoms with Crippen LogP contribution in [0.4, 0.5) is 5.69 Å². The smallest absolute Gasteiger partial charge is 0.311 e. The molecule has 8 nitrogen and oxygen atoms in total. The van der Waals surface area contributed by atoms with E-state index < -0.39 is 4.92 Å². The summed E-state index contributed by atoms with van der Waals surface area (Å²) in [6.45, 7) is 2.14. The summed E-state index contributed by atoms with van der Waals surface area (Å²) in [4.78, 5) is 28.9. The highest BCUT2D eigenvalue weighted by molar-refractivity contribution is 9.10. The molecule has 0 saturated heterocycles. The van der Waals surface area contributed by atoms with Gasteiger partial charge in [-0.15, -0.1) is 0 Å². The Kier molecular flexibility index (Phi) is 7.57. The quantitative estimate of drug-likeness (QED) is 0.148. The Labute approximate surface area is 214 Å². The van der Waals surface area contributed by atoms with Crippen molar-refractivity contribution in [2.75, 3.05) is 0 Å². The maximum Gasteiger partial charge on any atom is 0.311 e. The number of fused-ring (bicyclic) bond motifs is 1. The zero-order valence-corrected chi connectivity index (χ0v) is 21.0. The van der Waals surface area contributed by atoms with Crippen LogP contribution in [-0.2, 0) is 13.0 Å². The first-order valence-corrected chi connectivity index (χ1v) is 11.9. The monoisotopic (exact) mass is 554 g/mol. The summed E-state index contributed by atoms with van der Waals surface area (Å²) in [6.07, 6.45) is 2.73. The van der Waals surface area contributed by atoms with Crippen LogP contribution in [0.25, 0.3) is 10.9 Å². The Balaban J connectivity index is 1.65. The Morgan fingerprint density at radius 1 is 1.17 bits per heavy atom. The highest BCUT2D eigenvalue weighted by Crippen LogP contribution is 2.28. The Hall–Kier alpha value is -3.56. The second kappa shape index (κ2) is 10.8. The molecule has 0 atom stereocenters. The van der Waals surface area contributed by atoms with Crippen molar-refractivity contribution in [1.29, 1.82) is 0 Å². The Morgan fingerprint density at radius 2 is 1.94 bits per heavy atom. The number of nitro groups is 1. The van der Waals surface area contributed by atoms with Crippen molar-refractivity contribution in [1.82, 2.24) is 9.66 Å². The normalized spacial score (nSPS) is 11.3. The summed E-state index contributed by atoms with van der Waals surface area (Å²) in [7, 11) is 0. The standard InChI is InChI=1S/C25H20BrClN4O4/c1-2-3-24-29-21-10-7-18(26)13-20(21)25(32)30(24)28-14-17-6-11-23(22(12-17)31(33)34)35-15-16-4-8-19(27)9-5-16/h4-14H,2-3,15H2,1H3. The van der Waals surface area contributed by atoms with Gasteiger partial charge >= 0.3 is 5.69 Å². The van der Waals surface area contributed by atoms with Crippen LogP contribution in [0.15, 0.2) is 75.0 Å². The number of nitro benzene ring substituents is 1. The summed E-state index contributed by atoms with van der Waals surface area (Å²) < 4.78 is 7.67. The van der Waals surface area contributed by atoms with Gasteiger partial charge in [-0.2, -0.15) is 9.78 Å². The molecule has 0 fully saturated rings. The first kappa shape index (κ1) is 24.6. The molecule has 0 saturated carbocycles. The summed E-state index contributed by atoms with van der Waals surface area (Å²) in [6, 6.07) is 16.8. The molecule has 0 bridgehead atoms. The van der Waals surface area contributed by atoms with Crippen LogP contribution in [0.1, 0.15) is 30.3 Å². The number of ether oxygens (including phenoxy) is 1. The van der Waals surface area contributed by atoms with E-state index in [-0.39, 0.29) is 23.6 Å². The van der Waals surface area contributed by atoms with Crippen LogP contribution >= 0.6 is 27.5 Å². The van der Waals surface area contributed by atoms with Gasteiger partial charge in [0, 0.05) is 27.5 Å². The van der Waals surface area contributed by atoms with Crippen molar-refractivity contribution in [2.24, 2.45) is 5.10 Å². The van der Waals surface area contributed by atoms with E-state index in [4.69, 9.17) is 16.3 Å². The number of nitrogens with zero attached hydrogens (tertiary/aromatic N) is 4. The molecule has 3 aromatic carbocycles. The average Bonchev–Trinajstić information content (AvgIpc) is 2.84. The molecule has 0 aliphatic heterocycles. The molecule has 0 aliphatic carbocycles. The van der Waals surface area contributed by atoms with Gasteiger partial charge in [-0.3, -0.25) is 14.9 Å². The van der Waals surface area contributed by atoms with Gasteiger partial charge in [0.25, 0.3) is 5.56 Å². The maximum atomic E-state index is 13.1. The van der Waals surface area contributed by atoms with Gasteiger partial charge in [0.1, 0.15) is 12.4 Å². The Bertz CT molecular complexity index is 1490. The van der Waals surface area contributed by atoms with Crippen LogP contribution in [-0.4, -0.2) is 20.8 Å². The third-order valence-electron chi connectivity index (χ3n) is 5.16. The summed E-state index contributed by atoms with van der Waals surface area (Å²) >= 11 is 9.27. The highest BCUT2D eigenvalue weighted by atomic mass is 79.9. The van der Waals surface area contributed by atoms with Gasteiger partial charge < -0.3 is 4.74 Å². The number of rotatable bonds is 8. The van der Waals surface area contributed by atoms with E-state index in [1.807, 2.05) is 13.0 Å². The van der Waals surface area contributed by atoms with Crippen molar-refractivity contribution in [3.05, 3.63) is 108 Å². The predicted molar refractivity (Wildman–Crippen MR) is 140 cm³/mol. The Morgan fingerprint density at radius 3 is 2.66 bits per heavy atom. The highest BCUT2D eigenvalue weighted by Gasteiger charge is 2.16. The van der Waals surface area contributed by atoms with Crippen LogP contribution < -0.4 is 10.3 Å². The number of benzene rings is 3. The molecule has 35 heavy (non-hydrogen) atoms. The molecule has 0 amide bonds. The van der Waals surface area contributed by atoms with Gasteiger partial charge in [-0.25, -0.2) is 4.98 Å². The van der Waals surface area contributed by atoms with Gasteiger partial charge in [-0.1, -0.05) is 46.6 Å². The van der Waals surface area contributed by atoms with Crippen LogP contribution in [0.2, 0.25) is 5.02 Å². The number of aromatic nitrogens is 2. The molecule has 0 radical (unpaired) electrons.